The van der Waals surface area contributed by atoms with Gasteiger partial charge in [0, 0.05) is 5.56 Å². The molecule has 0 saturated heterocycles. The second-order valence-corrected chi connectivity index (χ2v) is 5.57. The minimum Gasteiger partial charge on any atom is -0.493 e. The Labute approximate surface area is 126 Å². The molecule has 0 aliphatic heterocycles. The van der Waals surface area contributed by atoms with Crippen molar-refractivity contribution in [3.8, 4) is 17.0 Å². The highest BCUT2D eigenvalue weighted by atomic mass is 19.1. The molecule has 0 fully saturated rings. The lowest BCUT2D eigenvalue weighted by Gasteiger charge is -2.08. The highest BCUT2D eigenvalue weighted by Gasteiger charge is 2.20. The van der Waals surface area contributed by atoms with Gasteiger partial charge in [0.05, 0.1) is 11.3 Å². The molecule has 0 spiro atoms. The van der Waals surface area contributed by atoms with Crippen LogP contribution in [0.2, 0.25) is 0 Å². The third kappa shape index (κ3) is 2.07. The van der Waals surface area contributed by atoms with Crippen molar-refractivity contribution in [2.75, 3.05) is 0 Å². The number of aromatic amines is 1. The van der Waals surface area contributed by atoms with Crippen molar-refractivity contribution in [1.82, 2.24) is 14.6 Å². The maximum absolute atomic E-state index is 13.1. The van der Waals surface area contributed by atoms with Gasteiger partial charge in [-0.3, -0.25) is 4.79 Å². The number of H-pyrrole nitrogens is 1. The molecule has 3 aromatic rings. The number of rotatable bonds is 2. The first-order valence-corrected chi connectivity index (χ1v) is 7.00. The minimum atomic E-state index is -0.344. The predicted molar refractivity (Wildman–Crippen MR) is 81.7 cm³/mol. The van der Waals surface area contributed by atoms with Crippen LogP contribution < -0.4 is 5.56 Å². The molecular weight excluding hydrogens is 285 g/mol. The fraction of sp³-hybridized carbons (Fsp3) is 0.250. The van der Waals surface area contributed by atoms with Crippen LogP contribution in [0.3, 0.4) is 0 Å². The maximum atomic E-state index is 13.1. The van der Waals surface area contributed by atoms with Gasteiger partial charge in [0.1, 0.15) is 11.5 Å². The Morgan fingerprint density at radius 3 is 2.50 bits per heavy atom. The topological polar surface area (TPSA) is 70.4 Å². The fourth-order valence-corrected chi connectivity index (χ4v) is 2.67. The van der Waals surface area contributed by atoms with Crippen molar-refractivity contribution in [1.29, 1.82) is 0 Å². The molecule has 0 saturated carbocycles. The standard InChI is InChI=1S/C16H16FN3O2/c1-8(2)12-15(21)18-14-13(9(3)19-20(14)16(12)22)10-4-6-11(17)7-5-10/h4-8,22H,1-3H3,(H,18,21). The van der Waals surface area contributed by atoms with E-state index in [0.29, 0.717) is 22.5 Å². The van der Waals surface area contributed by atoms with Gasteiger partial charge in [-0.1, -0.05) is 26.0 Å². The number of aromatic nitrogens is 3. The summed E-state index contributed by atoms with van der Waals surface area (Å²) >= 11 is 0. The third-order valence-electron chi connectivity index (χ3n) is 3.69. The number of halogens is 1. The molecule has 0 radical (unpaired) electrons. The molecule has 6 heteroatoms. The molecule has 2 heterocycles. The van der Waals surface area contributed by atoms with Gasteiger partial charge < -0.3 is 10.1 Å². The van der Waals surface area contributed by atoms with Crippen LogP contribution in [0.1, 0.15) is 31.0 Å². The molecule has 22 heavy (non-hydrogen) atoms. The second kappa shape index (κ2) is 4.98. The van der Waals surface area contributed by atoms with Crippen LogP contribution in [0.25, 0.3) is 16.8 Å². The van der Waals surface area contributed by atoms with E-state index in [9.17, 15) is 14.3 Å². The Balaban J connectivity index is 2.36. The monoisotopic (exact) mass is 301 g/mol. The number of benzene rings is 1. The van der Waals surface area contributed by atoms with E-state index in [1.807, 2.05) is 13.8 Å². The minimum absolute atomic E-state index is 0.132. The van der Waals surface area contributed by atoms with Crippen molar-refractivity contribution >= 4 is 5.65 Å². The van der Waals surface area contributed by atoms with Crippen LogP contribution in [-0.4, -0.2) is 19.7 Å². The Bertz CT molecular complexity index is 908. The van der Waals surface area contributed by atoms with Gasteiger partial charge in [-0.05, 0) is 30.5 Å². The molecule has 0 aliphatic carbocycles. The summed E-state index contributed by atoms with van der Waals surface area (Å²) in [6.07, 6.45) is 0. The summed E-state index contributed by atoms with van der Waals surface area (Å²) in [6.45, 7) is 5.43. The van der Waals surface area contributed by atoms with Gasteiger partial charge >= 0.3 is 0 Å². The summed E-state index contributed by atoms with van der Waals surface area (Å²) < 4.78 is 14.4. The van der Waals surface area contributed by atoms with Crippen LogP contribution in [0.15, 0.2) is 29.1 Å². The van der Waals surface area contributed by atoms with Crippen LogP contribution in [0.4, 0.5) is 4.39 Å². The van der Waals surface area contributed by atoms with Gasteiger partial charge in [-0.15, -0.1) is 0 Å². The number of aryl methyl sites for hydroxylation is 1. The Kier molecular flexibility index (Phi) is 3.24. The van der Waals surface area contributed by atoms with E-state index in [2.05, 4.69) is 10.1 Å². The zero-order valence-electron chi connectivity index (χ0n) is 12.5. The quantitative estimate of drug-likeness (QED) is 0.764. The number of nitrogens with zero attached hydrogens (tertiary/aromatic N) is 2. The normalized spacial score (nSPS) is 11.5. The van der Waals surface area contributed by atoms with Gasteiger partial charge in [-0.2, -0.15) is 9.61 Å². The molecule has 3 rings (SSSR count). The number of aromatic hydroxyl groups is 1. The lowest BCUT2D eigenvalue weighted by Crippen LogP contribution is -2.17. The summed E-state index contributed by atoms with van der Waals surface area (Å²) in [5, 5.41) is 14.6. The largest absolute Gasteiger partial charge is 0.493 e. The predicted octanol–water partition coefficient (Wildman–Crippen LogP) is 2.97. The summed E-state index contributed by atoms with van der Waals surface area (Å²) in [5.41, 5.74) is 2.38. The molecule has 2 aromatic heterocycles. The van der Waals surface area contributed by atoms with Gasteiger partial charge in [0.15, 0.2) is 0 Å². The summed E-state index contributed by atoms with van der Waals surface area (Å²) in [4.78, 5) is 15.0. The maximum Gasteiger partial charge on any atom is 0.258 e. The Morgan fingerprint density at radius 2 is 1.91 bits per heavy atom. The molecular formula is C16H16FN3O2. The van der Waals surface area contributed by atoms with E-state index in [0.717, 1.165) is 5.56 Å². The van der Waals surface area contributed by atoms with E-state index >= 15 is 0 Å². The third-order valence-corrected chi connectivity index (χ3v) is 3.69. The summed E-state index contributed by atoms with van der Waals surface area (Å²) in [6, 6.07) is 5.92. The average Bonchev–Trinajstić information content (AvgIpc) is 2.76. The summed E-state index contributed by atoms with van der Waals surface area (Å²) in [5.74, 6) is -0.631. The fourth-order valence-electron chi connectivity index (χ4n) is 2.67. The molecule has 0 aliphatic rings. The molecule has 1 aromatic carbocycles. The van der Waals surface area contributed by atoms with Crippen molar-refractivity contribution in [2.24, 2.45) is 0 Å². The molecule has 0 atom stereocenters. The lowest BCUT2D eigenvalue weighted by molar-refractivity contribution is 0.422. The van der Waals surface area contributed by atoms with Crippen LogP contribution in [0.5, 0.6) is 5.88 Å². The van der Waals surface area contributed by atoms with E-state index < -0.39 is 0 Å². The van der Waals surface area contributed by atoms with Gasteiger partial charge in [0.25, 0.3) is 5.56 Å². The first-order valence-electron chi connectivity index (χ1n) is 7.00. The smallest absolute Gasteiger partial charge is 0.258 e. The van der Waals surface area contributed by atoms with Crippen LogP contribution >= 0.6 is 0 Å². The van der Waals surface area contributed by atoms with Gasteiger partial charge in [-0.25, -0.2) is 4.39 Å². The highest BCUT2D eigenvalue weighted by Crippen LogP contribution is 2.30. The molecule has 0 amide bonds. The van der Waals surface area contributed by atoms with E-state index in [-0.39, 0.29) is 23.2 Å². The zero-order valence-corrected chi connectivity index (χ0v) is 12.5. The molecule has 2 N–H and O–H groups in total. The van der Waals surface area contributed by atoms with E-state index in [4.69, 9.17) is 0 Å². The van der Waals surface area contributed by atoms with Crippen molar-refractivity contribution in [2.45, 2.75) is 26.7 Å². The van der Waals surface area contributed by atoms with E-state index in [1.54, 1.807) is 19.1 Å². The molecule has 114 valence electrons. The van der Waals surface area contributed by atoms with Crippen LogP contribution in [-0.2, 0) is 0 Å². The number of fused-ring (bicyclic) bond motifs is 1. The highest BCUT2D eigenvalue weighted by molar-refractivity contribution is 5.80. The molecule has 5 nitrogen and oxygen atoms in total. The number of nitrogens with one attached hydrogen (secondary N) is 1. The number of hydrogen-bond donors (Lipinski definition) is 2. The summed E-state index contributed by atoms with van der Waals surface area (Å²) in [7, 11) is 0. The first kappa shape index (κ1) is 14.3. The van der Waals surface area contributed by atoms with E-state index in [1.165, 1.54) is 16.6 Å². The SMILES string of the molecule is Cc1nn2c(O)c(C(C)C)c(=O)[nH]c2c1-c1ccc(F)cc1. The second-order valence-electron chi connectivity index (χ2n) is 5.57. The molecule has 0 unspecified atom stereocenters. The Morgan fingerprint density at radius 1 is 1.27 bits per heavy atom. The van der Waals surface area contributed by atoms with Crippen molar-refractivity contribution in [3.05, 3.63) is 51.7 Å². The first-order chi connectivity index (χ1) is 10.4. The zero-order chi connectivity index (χ0) is 16.0. The van der Waals surface area contributed by atoms with Crippen molar-refractivity contribution in [3.63, 3.8) is 0 Å². The Hall–Kier alpha value is -2.63. The van der Waals surface area contributed by atoms with Crippen molar-refractivity contribution < 1.29 is 9.50 Å². The van der Waals surface area contributed by atoms with Gasteiger partial charge in [0.2, 0.25) is 5.88 Å². The lowest BCUT2D eigenvalue weighted by atomic mass is 10.1. The van der Waals surface area contributed by atoms with Crippen LogP contribution in [0, 0.1) is 12.7 Å². The average molecular weight is 301 g/mol. The molecule has 0 bridgehead atoms. The number of hydrogen-bond acceptors (Lipinski definition) is 3.